The molecule has 0 atom stereocenters. The van der Waals surface area contributed by atoms with Crippen LogP contribution in [0.1, 0.15) is 31.1 Å². The molecule has 0 spiro atoms. The number of thioether (sulfide) groups is 1. The van der Waals surface area contributed by atoms with Crippen molar-refractivity contribution in [1.29, 1.82) is 0 Å². The third-order valence-electron chi connectivity index (χ3n) is 4.02. The van der Waals surface area contributed by atoms with Crippen molar-refractivity contribution in [2.75, 3.05) is 26.0 Å². The predicted molar refractivity (Wildman–Crippen MR) is 104 cm³/mol. The van der Waals surface area contributed by atoms with Crippen molar-refractivity contribution in [1.82, 2.24) is 20.1 Å². The van der Waals surface area contributed by atoms with E-state index in [0.717, 1.165) is 30.2 Å². The summed E-state index contributed by atoms with van der Waals surface area (Å²) < 4.78 is 12.9. The molecule has 1 aromatic carbocycles. The molecule has 146 valence electrons. The number of methoxy groups -OCH3 is 1. The fourth-order valence-corrected chi connectivity index (χ4v) is 3.58. The lowest BCUT2D eigenvalue weighted by Crippen LogP contribution is -2.27. The van der Waals surface area contributed by atoms with Gasteiger partial charge in [-0.2, -0.15) is 0 Å². The van der Waals surface area contributed by atoms with E-state index in [2.05, 4.69) is 20.1 Å². The van der Waals surface area contributed by atoms with Crippen molar-refractivity contribution in [2.45, 2.75) is 37.1 Å². The van der Waals surface area contributed by atoms with Crippen LogP contribution < -0.4 is 10.1 Å². The summed E-state index contributed by atoms with van der Waals surface area (Å²) in [4.78, 5) is 12.0. The maximum atomic E-state index is 12.0. The number of para-hydroxylation sites is 1. The summed E-state index contributed by atoms with van der Waals surface area (Å²) in [6.07, 6.45) is 2.98. The van der Waals surface area contributed by atoms with Crippen molar-refractivity contribution in [3.8, 4) is 5.75 Å². The molecule has 7 nitrogen and oxygen atoms in total. The SMILES string of the molecule is COCCCNC(=O)CSc1nnc(COc2ccccc2Cl)n1C1CC1. The van der Waals surface area contributed by atoms with Gasteiger partial charge in [0.25, 0.3) is 0 Å². The van der Waals surface area contributed by atoms with Crippen LogP contribution in [-0.2, 0) is 16.1 Å². The molecule has 0 bridgehead atoms. The molecule has 0 radical (unpaired) electrons. The van der Waals surface area contributed by atoms with Crippen molar-refractivity contribution in [3.05, 3.63) is 35.1 Å². The number of hydrogen-bond acceptors (Lipinski definition) is 6. The maximum absolute atomic E-state index is 12.0. The van der Waals surface area contributed by atoms with Gasteiger partial charge in [-0.05, 0) is 31.4 Å². The van der Waals surface area contributed by atoms with Gasteiger partial charge in [-0.1, -0.05) is 35.5 Å². The summed E-state index contributed by atoms with van der Waals surface area (Å²) in [5, 5.41) is 12.7. The highest BCUT2D eigenvalue weighted by atomic mass is 35.5. The molecule has 0 unspecified atom stereocenters. The summed E-state index contributed by atoms with van der Waals surface area (Å²) in [7, 11) is 1.65. The number of carbonyl (C=O) groups is 1. The number of amides is 1. The van der Waals surface area contributed by atoms with Crippen molar-refractivity contribution in [2.24, 2.45) is 0 Å². The van der Waals surface area contributed by atoms with Gasteiger partial charge in [0.2, 0.25) is 5.91 Å². The van der Waals surface area contributed by atoms with Crippen LogP contribution in [0.5, 0.6) is 5.75 Å². The second kappa shape index (κ2) is 9.96. The molecular formula is C18H23ClN4O3S. The monoisotopic (exact) mass is 410 g/mol. The van der Waals surface area contributed by atoms with E-state index in [0.29, 0.717) is 35.7 Å². The van der Waals surface area contributed by atoms with Gasteiger partial charge in [0.15, 0.2) is 11.0 Å². The normalized spacial score (nSPS) is 13.6. The summed E-state index contributed by atoms with van der Waals surface area (Å²) in [6, 6.07) is 7.73. The third-order valence-corrected chi connectivity index (χ3v) is 5.28. The predicted octanol–water partition coefficient (Wildman–Crippen LogP) is 3.09. The molecule has 1 heterocycles. The van der Waals surface area contributed by atoms with Gasteiger partial charge in [-0.25, -0.2) is 0 Å². The van der Waals surface area contributed by atoms with Gasteiger partial charge in [0.05, 0.1) is 10.8 Å². The van der Waals surface area contributed by atoms with Gasteiger partial charge in [-0.15, -0.1) is 10.2 Å². The van der Waals surface area contributed by atoms with Crippen LogP contribution in [-0.4, -0.2) is 46.7 Å². The first kappa shape index (κ1) is 20.0. The molecule has 1 N–H and O–H groups in total. The van der Waals surface area contributed by atoms with Crippen LogP contribution in [0.25, 0.3) is 0 Å². The number of ether oxygens (including phenoxy) is 2. The Morgan fingerprint density at radius 1 is 1.37 bits per heavy atom. The van der Waals surface area contributed by atoms with E-state index >= 15 is 0 Å². The molecular weight excluding hydrogens is 388 g/mol. The molecule has 1 aromatic heterocycles. The molecule has 0 aliphatic heterocycles. The highest BCUT2D eigenvalue weighted by Gasteiger charge is 2.30. The van der Waals surface area contributed by atoms with Crippen LogP contribution in [0.3, 0.4) is 0 Å². The van der Waals surface area contributed by atoms with Gasteiger partial charge < -0.3 is 14.8 Å². The molecule has 1 aliphatic carbocycles. The lowest BCUT2D eigenvalue weighted by molar-refractivity contribution is -0.118. The molecule has 3 rings (SSSR count). The number of nitrogens with one attached hydrogen (secondary N) is 1. The zero-order chi connectivity index (χ0) is 19.1. The molecule has 1 amide bonds. The molecule has 1 saturated carbocycles. The quantitative estimate of drug-likeness (QED) is 0.453. The van der Waals surface area contributed by atoms with Gasteiger partial charge in [-0.3, -0.25) is 9.36 Å². The number of aromatic nitrogens is 3. The fraction of sp³-hybridized carbons (Fsp3) is 0.500. The van der Waals surface area contributed by atoms with Gasteiger partial charge >= 0.3 is 0 Å². The van der Waals surface area contributed by atoms with Crippen LogP contribution in [0, 0.1) is 0 Å². The summed E-state index contributed by atoms with van der Waals surface area (Å²) >= 11 is 7.53. The van der Waals surface area contributed by atoms with Crippen LogP contribution in [0.15, 0.2) is 29.4 Å². The first-order valence-electron chi connectivity index (χ1n) is 8.88. The molecule has 1 aliphatic rings. The smallest absolute Gasteiger partial charge is 0.230 e. The Balaban J connectivity index is 1.55. The van der Waals surface area contributed by atoms with E-state index in [1.807, 2.05) is 18.2 Å². The molecule has 27 heavy (non-hydrogen) atoms. The number of rotatable bonds is 11. The number of nitrogens with zero attached hydrogens (tertiary/aromatic N) is 3. The topological polar surface area (TPSA) is 78.3 Å². The minimum Gasteiger partial charge on any atom is -0.484 e. The van der Waals surface area contributed by atoms with E-state index < -0.39 is 0 Å². The number of carbonyl (C=O) groups excluding carboxylic acids is 1. The molecule has 0 saturated heterocycles. The second-order valence-corrected chi connectivity index (χ2v) is 7.55. The largest absolute Gasteiger partial charge is 0.484 e. The summed E-state index contributed by atoms with van der Waals surface area (Å²) in [6.45, 7) is 1.54. The molecule has 9 heteroatoms. The van der Waals surface area contributed by atoms with E-state index in [-0.39, 0.29) is 12.5 Å². The fourth-order valence-electron chi connectivity index (χ4n) is 2.53. The summed E-state index contributed by atoms with van der Waals surface area (Å²) in [5.74, 6) is 1.66. The number of halogens is 1. The first-order chi connectivity index (χ1) is 13.2. The zero-order valence-electron chi connectivity index (χ0n) is 15.2. The van der Waals surface area contributed by atoms with Crippen molar-refractivity contribution >= 4 is 29.3 Å². The van der Waals surface area contributed by atoms with Crippen LogP contribution in [0.4, 0.5) is 0 Å². The first-order valence-corrected chi connectivity index (χ1v) is 10.2. The average molecular weight is 411 g/mol. The lowest BCUT2D eigenvalue weighted by atomic mass is 10.3. The standard InChI is InChI=1S/C18H23ClN4O3S/c1-25-10-4-9-20-17(24)12-27-18-22-21-16(23(18)13-7-8-13)11-26-15-6-3-2-5-14(15)19/h2-3,5-6,13H,4,7-12H2,1H3,(H,20,24). The molecule has 2 aromatic rings. The highest BCUT2D eigenvalue weighted by molar-refractivity contribution is 7.99. The average Bonchev–Trinajstić information content (AvgIpc) is 3.43. The second-order valence-electron chi connectivity index (χ2n) is 6.20. The van der Waals surface area contributed by atoms with Crippen LogP contribution >= 0.6 is 23.4 Å². The third kappa shape index (κ3) is 5.85. The lowest BCUT2D eigenvalue weighted by Gasteiger charge is -2.10. The Morgan fingerprint density at radius 3 is 2.93 bits per heavy atom. The maximum Gasteiger partial charge on any atom is 0.230 e. The van der Waals surface area contributed by atoms with E-state index in [9.17, 15) is 4.79 Å². The molecule has 1 fully saturated rings. The Hall–Kier alpha value is -1.77. The van der Waals surface area contributed by atoms with Crippen molar-refractivity contribution in [3.63, 3.8) is 0 Å². The van der Waals surface area contributed by atoms with E-state index in [1.165, 1.54) is 11.8 Å². The minimum absolute atomic E-state index is 0.0182. The highest BCUT2D eigenvalue weighted by Crippen LogP contribution is 2.39. The number of benzene rings is 1. The van der Waals surface area contributed by atoms with Gasteiger partial charge in [0, 0.05) is 26.3 Å². The van der Waals surface area contributed by atoms with Crippen molar-refractivity contribution < 1.29 is 14.3 Å². The van der Waals surface area contributed by atoms with Crippen LogP contribution in [0.2, 0.25) is 5.02 Å². The van der Waals surface area contributed by atoms with E-state index in [4.69, 9.17) is 21.1 Å². The Morgan fingerprint density at radius 2 is 2.19 bits per heavy atom. The summed E-state index contributed by atoms with van der Waals surface area (Å²) in [5.41, 5.74) is 0. The number of hydrogen-bond donors (Lipinski definition) is 1. The minimum atomic E-state index is -0.0182. The Bertz CT molecular complexity index is 767. The Kier molecular flexibility index (Phi) is 7.37. The zero-order valence-corrected chi connectivity index (χ0v) is 16.8. The van der Waals surface area contributed by atoms with Gasteiger partial charge in [0.1, 0.15) is 12.4 Å². The van der Waals surface area contributed by atoms with E-state index in [1.54, 1.807) is 13.2 Å². The Labute approximate surface area is 167 Å².